The van der Waals surface area contributed by atoms with Gasteiger partial charge in [-0.05, 0) is 30.5 Å². The number of nitrogens with zero attached hydrogens (tertiary/aromatic N) is 2. The fraction of sp³-hybridized carbons (Fsp3) is 0.556. The van der Waals surface area contributed by atoms with Crippen molar-refractivity contribution in [2.24, 2.45) is 5.92 Å². The van der Waals surface area contributed by atoms with Gasteiger partial charge in [0, 0.05) is 26.6 Å². The molecule has 1 aliphatic heterocycles. The lowest BCUT2D eigenvalue weighted by Gasteiger charge is -2.27. The van der Waals surface area contributed by atoms with Gasteiger partial charge in [-0.3, -0.25) is 9.59 Å². The SMILES string of the molecule is CC(C)CC(=O)N(C)CCN1C(=O)C(C)SC1c1ccc(Cl)c(Cl)c1. The van der Waals surface area contributed by atoms with Crippen molar-refractivity contribution in [2.75, 3.05) is 20.1 Å². The van der Waals surface area contributed by atoms with Crippen LogP contribution in [-0.2, 0) is 9.59 Å². The average Bonchev–Trinajstić information content (AvgIpc) is 2.82. The van der Waals surface area contributed by atoms with Gasteiger partial charge in [0.15, 0.2) is 0 Å². The van der Waals surface area contributed by atoms with Crippen molar-refractivity contribution in [3.8, 4) is 0 Å². The Balaban J connectivity index is 2.09. The van der Waals surface area contributed by atoms with Crippen LogP contribution in [0.2, 0.25) is 10.0 Å². The van der Waals surface area contributed by atoms with Gasteiger partial charge in [0.25, 0.3) is 0 Å². The van der Waals surface area contributed by atoms with E-state index in [9.17, 15) is 9.59 Å². The zero-order valence-corrected chi connectivity index (χ0v) is 17.3. The summed E-state index contributed by atoms with van der Waals surface area (Å²) in [5.41, 5.74) is 0.952. The lowest BCUT2D eigenvalue weighted by molar-refractivity contribution is -0.134. The fourth-order valence-electron chi connectivity index (χ4n) is 2.71. The molecule has 0 aliphatic carbocycles. The predicted molar refractivity (Wildman–Crippen MR) is 105 cm³/mol. The van der Waals surface area contributed by atoms with E-state index in [0.29, 0.717) is 35.5 Å². The molecule has 1 fully saturated rings. The van der Waals surface area contributed by atoms with Crippen LogP contribution >= 0.6 is 35.0 Å². The van der Waals surface area contributed by atoms with Gasteiger partial charge in [0.1, 0.15) is 5.37 Å². The summed E-state index contributed by atoms with van der Waals surface area (Å²) in [6.45, 7) is 6.97. The predicted octanol–water partition coefficient (Wildman–Crippen LogP) is 4.46. The Hall–Kier alpha value is -0.910. The van der Waals surface area contributed by atoms with Crippen molar-refractivity contribution in [2.45, 2.75) is 37.8 Å². The average molecular weight is 403 g/mol. The molecule has 4 nitrogen and oxygen atoms in total. The van der Waals surface area contributed by atoms with Crippen LogP contribution in [0.15, 0.2) is 18.2 Å². The zero-order valence-electron chi connectivity index (χ0n) is 15.0. The van der Waals surface area contributed by atoms with Crippen molar-refractivity contribution in [3.63, 3.8) is 0 Å². The smallest absolute Gasteiger partial charge is 0.236 e. The molecule has 0 spiro atoms. The van der Waals surface area contributed by atoms with Gasteiger partial charge in [-0.15, -0.1) is 11.8 Å². The molecular formula is C18H24Cl2N2O2S. The van der Waals surface area contributed by atoms with Crippen LogP contribution in [-0.4, -0.2) is 47.0 Å². The molecule has 1 aromatic carbocycles. The van der Waals surface area contributed by atoms with Crippen molar-refractivity contribution < 1.29 is 9.59 Å². The highest BCUT2D eigenvalue weighted by Crippen LogP contribution is 2.43. The number of rotatable bonds is 6. The number of likely N-dealkylation sites (N-methyl/N-ethyl adjacent to an activating group) is 1. The highest BCUT2D eigenvalue weighted by atomic mass is 35.5. The van der Waals surface area contributed by atoms with Crippen molar-refractivity contribution in [1.82, 2.24) is 9.80 Å². The Bertz CT molecular complexity index is 654. The van der Waals surface area contributed by atoms with E-state index >= 15 is 0 Å². The van der Waals surface area contributed by atoms with Crippen LogP contribution in [0.25, 0.3) is 0 Å². The molecule has 2 atom stereocenters. The maximum atomic E-state index is 12.5. The van der Waals surface area contributed by atoms with E-state index in [1.807, 2.05) is 37.8 Å². The summed E-state index contributed by atoms with van der Waals surface area (Å²) in [7, 11) is 1.79. The van der Waals surface area contributed by atoms with E-state index < -0.39 is 0 Å². The summed E-state index contributed by atoms with van der Waals surface area (Å²) in [6, 6.07) is 5.47. The summed E-state index contributed by atoms with van der Waals surface area (Å²) < 4.78 is 0. The standard InChI is InChI=1S/C18H24Cl2N2O2S/c1-11(2)9-16(23)21(4)7-8-22-17(24)12(3)25-18(22)13-5-6-14(19)15(20)10-13/h5-6,10-12,18H,7-9H2,1-4H3. The van der Waals surface area contributed by atoms with E-state index in [1.165, 1.54) is 0 Å². The van der Waals surface area contributed by atoms with Gasteiger partial charge in [0.05, 0.1) is 15.3 Å². The number of amides is 2. The summed E-state index contributed by atoms with van der Waals surface area (Å²) in [5.74, 6) is 0.516. The number of hydrogen-bond donors (Lipinski definition) is 0. The summed E-state index contributed by atoms with van der Waals surface area (Å²) in [5, 5.41) is 0.760. The number of carbonyl (C=O) groups is 2. The second-order valence-electron chi connectivity index (χ2n) is 6.75. The maximum Gasteiger partial charge on any atom is 0.236 e. The molecule has 7 heteroatoms. The molecule has 0 N–H and O–H groups in total. The van der Waals surface area contributed by atoms with Crippen molar-refractivity contribution >= 4 is 46.8 Å². The topological polar surface area (TPSA) is 40.6 Å². The van der Waals surface area contributed by atoms with E-state index in [1.54, 1.807) is 29.8 Å². The molecule has 2 unspecified atom stereocenters. The first-order chi connectivity index (χ1) is 11.7. The van der Waals surface area contributed by atoms with Gasteiger partial charge in [-0.25, -0.2) is 0 Å². The van der Waals surface area contributed by atoms with Gasteiger partial charge in [-0.2, -0.15) is 0 Å². The quantitative estimate of drug-likeness (QED) is 0.704. The minimum absolute atomic E-state index is 0.0887. The van der Waals surface area contributed by atoms with Gasteiger partial charge >= 0.3 is 0 Å². The maximum absolute atomic E-state index is 12.5. The van der Waals surface area contributed by atoms with E-state index in [2.05, 4.69) is 0 Å². The Morgan fingerprint density at radius 2 is 2.00 bits per heavy atom. The second kappa shape index (κ2) is 8.65. The molecule has 0 bridgehead atoms. The first-order valence-electron chi connectivity index (χ1n) is 8.35. The summed E-state index contributed by atoms with van der Waals surface area (Å²) >= 11 is 13.7. The summed E-state index contributed by atoms with van der Waals surface area (Å²) in [4.78, 5) is 28.2. The molecule has 0 radical (unpaired) electrons. The lowest BCUT2D eigenvalue weighted by Crippen LogP contribution is -2.39. The Morgan fingerprint density at radius 3 is 2.60 bits per heavy atom. The number of hydrogen-bond acceptors (Lipinski definition) is 3. The lowest BCUT2D eigenvalue weighted by atomic mass is 10.1. The van der Waals surface area contributed by atoms with Crippen molar-refractivity contribution in [1.29, 1.82) is 0 Å². The highest BCUT2D eigenvalue weighted by Gasteiger charge is 2.38. The van der Waals surface area contributed by atoms with Gasteiger partial charge in [-0.1, -0.05) is 43.1 Å². The molecule has 1 aliphatic rings. The second-order valence-corrected chi connectivity index (χ2v) is 8.99. The first-order valence-corrected chi connectivity index (χ1v) is 10.1. The van der Waals surface area contributed by atoms with Crippen LogP contribution < -0.4 is 0 Å². The van der Waals surface area contributed by atoms with Crippen LogP contribution in [0.1, 0.15) is 38.1 Å². The molecule has 1 heterocycles. The van der Waals surface area contributed by atoms with E-state index in [4.69, 9.17) is 23.2 Å². The molecule has 0 aromatic heterocycles. The first kappa shape index (κ1) is 20.4. The number of thioether (sulfide) groups is 1. The molecule has 2 rings (SSSR count). The normalized spacial score (nSPS) is 20.4. The number of halogens is 2. The monoisotopic (exact) mass is 402 g/mol. The third-order valence-electron chi connectivity index (χ3n) is 4.16. The third kappa shape index (κ3) is 5.05. The largest absolute Gasteiger partial charge is 0.344 e. The van der Waals surface area contributed by atoms with Crippen molar-refractivity contribution in [3.05, 3.63) is 33.8 Å². The van der Waals surface area contributed by atoms with E-state index in [0.717, 1.165) is 5.56 Å². The van der Waals surface area contributed by atoms with Gasteiger partial charge < -0.3 is 9.80 Å². The van der Waals surface area contributed by atoms with Crippen LogP contribution in [0, 0.1) is 5.92 Å². The molecule has 1 saturated heterocycles. The zero-order chi connectivity index (χ0) is 18.7. The molecular weight excluding hydrogens is 379 g/mol. The van der Waals surface area contributed by atoms with Crippen LogP contribution in [0.5, 0.6) is 0 Å². The molecule has 2 amide bonds. The molecule has 0 saturated carbocycles. The van der Waals surface area contributed by atoms with Crippen LogP contribution in [0.4, 0.5) is 0 Å². The third-order valence-corrected chi connectivity index (χ3v) is 6.29. The Morgan fingerprint density at radius 1 is 1.32 bits per heavy atom. The van der Waals surface area contributed by atoms with Crippen LogP contribution in [0.3, 0.4) is 0 Å². The minimum Gasteiger partial charge on any atom is -0.344 e. The van der Waals surface area contributed by atoms with E-state index in [-0.39, 0.29) is 22.4 Å². The molecule has 1 aromatic rings. The molecule has 138 valence electrons. The number of benzene rings is 1. The Labute approximate surface area is 163 Å². The fourth-order valence-corrected chi connectivity index (χ4v) is 4.32. The summed E-state index contributed by atoms with van der Waals surface area (Å²) in [6.07, 6.45) is 0.520. The van der Waals surface area contributed by atoms with Gasteiger partial charge in [0.2, 0.25) is 11.8 Å². The highest BCUT2D eigenvalue weighted by molar-refractivity contribution is 8.01. The number of carbonyl (C=O) groups excluding carboxylic acids is 2. The minimum atomic E-state index is -0.115. The Kier molecular flexibility index (Phi) is 7.06. The molecule has 25 heavy (non-hydrogen) atoms.